The van der Waals surface area contributed by atoms with Crippen LogP contribution in [0.15, 0.2) is 64.1 Å². The number of amides is 1. The monoisotopic (exact) mass is 459 g/mol. The molecule has 0 saturated heterocycles. The van der Waals surface area contributed by atoms with Gasteiger partial charge in [0.15, 0.2) is 0 Å². The highest BCUT2D eigenvalue weighted by atomic mass is 35.5. The van der Waals surface area contributed by atoms with Crippen LogP contribution in [0.3, 0.4) is 0 Å². The van der Waals surface area contributed by atoms with Crippen molar-refractivity contribution in [3.05, 3.63) is 85.4 Å². The Kier molecular flexibility index (Phi) is 5.54. The number of non-ortho nitro benzene ring substituents is 1. The van der Waals surface area contributed by atoms with Crippen molar-refractivity contribution in [2.24, 2.45) is 5.10 Å². The van der Waals surface area contributed by atoms with Crippen molar-refractivity contribution < 1.29 is 14.1 Å². The molecule has 0 saturated carbocycles. The first-order valence-electron chi connectivity index (χ1n) is 8.47. The van der Waals surface area contributed by atoms with E-state index >= 15 is 0 Å². The second-order valence-corrected chi connectivity index (χ2v) is 8.04. The lowest BCUT2D eigenvalue weighted by Crippen LogP contribution is -2.15. The molecule has 7 nitrogen and oxygen atoms in total. The number of halogens is 2. The SMILES string of the molecule is O=C(NN=Cc1ccc(-c2cc(Cl)ccc2Cl)o1)c1cc2cc([N+](=O)[O-])ccc2s1. The van der Waals surface area contributed by atoms with Crippen LogP contribution in [-0.2, 0) is 0 Å². The van der Waals surface area contributed by atoms with Gasteiger partial charge in [-0.25, -0.2) is 5.43 Å². The molecule has 0 radical (unpaired) electrons. The van der Waals surface area contributed by atoms with Gasteiger partial charge >= 0.3 is 0 Å². The van der Waals surface area contributed by atoms with Gasteiger partial charge in [-0.05, 0) is 42.5 Å². The van der Waals surface area contributed by atoms with E-state index in [-0.39, 0.29) is 5.69 Å². The average molecular weight is 460 g/mol. The Balaban J connectivity index is 1.46. The molecule has 1 amide bonds. The second kappa shape index (κ2) is 8.27. The van der Waals surface area contributed by atoms with Crippen LogP contribution >= 0.6 is 34.5 Å². The van der Waals surface area contributed by atoms with Gasteiger partial charge in [-0.1, -0.05) is 23.2 Å². The number of hydrazone groups is 1. The summed E-state index contributed by atoms with van der Waals surface area (Å²) in [5.41, 5.74) is 3.03. The van der Waals surface area contributed by atoms with Crippen molar-refractivity contribution >= 4 is 62.4 Å². The number of nitro benzene ring substituents is 1. The molecule has 30 heavy (non-hydrogen) atoms. The highest BCUT2D eigenvalue weighted by Crippen LogP contribution is 2.32. The van der Waals surface area contributed by atoms with Crippen LogP contribution in [0.5, 0.6) is 0 Å². The standard InChI is InChI=1S/C20H11Cl2N3O4S/c21-12-1-4-16(22)15(9-12)17-5-3-14(29-17)10-23-24-20(26)19-8-11-7-13(25(27)28)2-6-18(11)30-19/h1-10H,(H,24,26). The predicted octanol–water partition coefficient (Wildman–Crippen LogP) is 6.14. The molecule has 0 unspecified atom stereocenters. The van der Waals surface area contributed by atoms with E-state index in [4.69, 9.17) is 27.6 Å². The summed E-state index contributed by atoms with van der Waals surface area (Å²) in [4.78, 5) is 23.1. The quantitative estimate of drug-likeness (QED) is 0.220. The summed E-state index contributed by atoms with van der Waals surface area (Å²) in [7, 11) is 0. The fourth-order valence-corrected chi connectivity index (χ4v) is 4.03. The van der Waals surface area contributed by atoms with Crippen LogP contribution in [-0.4, -0.2) is 17.0 Å². The maximum atomic E-state index is 12.3. The first-order chi connectivity index (χ1) is 14.4. The number of fused-ring (bicyclic) bond motifs is 1. The maximum Gasteiger partial charge on any atom is 0.281 e. The van der Waals surface area contributed by atoms with E-state index in [2.05, 4.69) is 10.5 Å². The Morgan fingerprint density at radius 2 is 1.97 bits per heavy atom. The fraction of sp³-hybridized carbons (Fsp3) is 0. The van der Waals surface area contributed by atoms with Gasteiger partial charge in [0, 0.05) is 32.8 Å². The topological polar surface area (TPSA) is 97.7 Å². The Labute approximate surface area is 183 Å². The molecule has 1 N–H and O–H groups in total. The number of rotatable bonds is 5. The van der Waals surface area contributed by atoms with Gasteiger partial charge in [-0.2, -0.15) is 5.10 Å². The van der Waals surface area contributed by atoms with E-state index in [1.807, 2.05) is 0 Å². The minimum Gasteiger partial charge on any atom is -0.455 e. The summed E-state index contributed by atoms with van der Waals surface area (Å²) < 4.78 is 6.44. The number of nitrogens with one attached hydrogen (secondary N) is 1. The minimum absolute atomic E-state index is 0.0290. The summed E-state index contributed by atoms with van der Waals surface area (Å²) in [6, 6.07) is 14.5. The van der Waals surface area contributed by atoms with E-state index in [1.165, 1.54) is 29.7 Å². The molecule has 0 fully saturated rings. The molecule has 4 aromatic rings. The molecule has 0 aliphatic carbocycles. The Hall–Kier alpha value is -3.20. The van der Waals surface area contributed by atoms with E-state index in [9.17, 15) is 14.9 Å². The van der Waals surface area contributed by atoms with Gasteiger partial charge in [0.05, 0.1) is 21.0 Å². The molecule has 2 aromatic carbocycles. The van der Waals surface area contributed by atoms with E-state index in [0.29, 0.717) is 37.4 Å². The molecular weight excluding hydrogens is 449 g/mol. The summed E-state index contributed by atoms with van der Waals surface area (Å²) >= 11 is 13.4. The molecule has 4 rings (SSSR count). The number of thiophene rings is 1. The lowest BCUT2D eigenvalue weighted by Gasteiger charge is -2.01. The molecular formula is C20H11Cl2N3O4S. The normalized spacial score (nSPS) is 11.3. The van der Waals surface area contributed by atoms with Crippen molar-refractivity contribution in [2.45, 2.75) is 0 Å². The molecule has 0 atom stereocenters. The molecule has 0 spiro atoms. The van der Waals surface area contributed by atoms with Crippen LogP contribution in [0, 0.1) is 10.1 Å². The number of nitrogens with zero attached hydrogens (tertiary/aromatic N) is 2. The fourth-order valence-electron chi connectivity index (χ4n) is 2.72. The van der Waals surface area contributed by atoms with E-state index in [1.54, 1.807) is 42.5 Å². The molecule has 2 aromatic heterocycles. The summed E-state index contributed by atoms with van der Waals surface area (Å²) in [5, 5.41) is 16.4. The smallest absolute Gasteiger partial charge is 0.281 e. The number of hydrogen-bond donors (Lipinski definition) is 1. The summed E-state index contributed by atoms with van der Waals surface area (Å²) in [5.74, 6) is 0.495. The lowest BCUT2D eigenvalue weighted by molar-refractivity contribution is -0.384. The van der Waals surface area contributed by atoms with Crippen molar-refractivity contribution in [1.82, 2.24) is 5.43 Å². The maximum absolute atomic E-state index is 12.3. The zero-order valence-corrected chi connectivity index (χ0v) is 17.3. The van der Waals surface area contributed by atoms with Crippen LogP contribution in [0.4, 0.5) is 5.69 Å². The average Bonchev–Trinajstić information content (AvgIpc) is 3.36. The first-order valence-corrected chi connectivity index (χ1v) is 10.0. The Morgan fingerprint density at radius 3 is 2.77 bits per heavy atom. The third-order valence-corrected chi connectivity index (χ3v) is 5.79. The van der Waals surface area contributed by atoms with Gasteiger partial charge in [-0.3, -0.25) is 14.9 Å². The molecule has 2 heterocycles. The number of nitro groups is 1. The highest BCUT2D eigenvalue weighted by molar-refractivity contribution is 7.20. The predicted molar refractivity (Wildman–Crippen MR) is 118 cm³/mol. The number of carbonyl (C=O) groups is 1. The number of hydrogen-bond acceptors (Lipinski definition) is 6. The Bertz CT molecular complexity index is 1310. The first kappa shape index (κ1) is 20.1. The lowest BCUT2D eigenvalue weighted by atomic mass is 10.2. The summed E-state index contributed by atoms with van der Waals surface area (Å²) in [6.07, 6.45) is 1.36. The largest absolute Gasteiger partial charge is 0.455 e. The van der Waals surface area contributed by atoms with Crippen molar-refractivity contribution in [2.75, 3.05) is 0 Å². The third kappa shape index (κ3) is 4.20. The van der Waals surface area contributed by atoms with E-state index < -0.39 is 10.8 Å². The van der Waals surface area contributed by atoms with Gasteiger partial charge in [-0.15, -0.1) is 11.3 Å². The zero-order valence-electron chi connectivity index (χ0n) is 15.0. The van der Waals surface area contributed by atoms with Crippen LogP contribution in [0.2, 0.25) is 10.0 Å². The number of benzene rings is 2. The summed E-state index contributed by atoms with van der Waals surface area (Å²) in [6.45, 7) is 0. The highest BCUT2D eigenvalue weighted by Gasteiger charge is 2.13. The number of furan rings is 1. The molecule has 10 heteroatoms. The van der Waals surface area contributed by atoms with Gasteiger partial charge in [0.2, 0.25) is 0 Å². The number of carbonyl (C=O) groups excluding carboxylic acids is 1. The van der Waals surface area contributed by atoms with Crippen molar-refractivity contribution in [3.8, 4) is 11.3 Å². The van der Waals surface area contributed by atoms with Crippen LogP contribution in [0.25, 0.3) is 21.4 Å². The minimum atomic E-state index is -0.477. The van der Waals surface area contributed by atoms with Gasteiger partial charge < -0.3 is 4.42 Å². The van der Waals surface area contributed by atoms with E-state index in [0.717, 1.165) is 4.70 Å². The third-order valence-electron chi connectivity index (χ3n) is 4.11. The molecule has 0 bridgehead atoms. The second-order valence-electron chi connectivity index (χ2n) is 6.12. The molecule has 0 aliphatic heterocycles. The van der Waals surface area contributed by atoms with Gasteiger partial charge in [0.25, 0.3) is 11.6 Å². The van der Waals surface area contributed by atoms with Crippen LogP contribution in [0.1, 0.15) is 15.4 Å². The van der Waals surface area contributed by atoms with Gasteiger partial charge in [0.1, 0.15) is 11.5 Å². The van der Waals surface area contributed by atoms with Crippen LogP contribution < -0.4 is 5.43 Å². The molecule has 0 aliphatic rings. The van der Waals surface area contributed by atoms with Crippen molar-refractivity contribution in [3.63, 3.8) is 0 Å². The Morgan fingerprint density at radius 1 is 1.13 bits per heavy atom. The van der Waals surface area contributed by atoms with Crippen molar-refractivity contribution in [1.29, 1.82) is 0 Å². The zero-order chi connectivity index (χ0) is 21.3. The molecule has 150 valence electrons.